The summed E-state index contributed by atoms with van der Waals surface area (Å²) in [5, 5.41) is 11.0. The van der Waals surface area contributed by atoms with E-state index in [0.717, 1.165) is 26.8 Å². The molecule has 2 aliphatic rings. The van der Waals surface area contributed by atoms with Gasteiger partial charge in [-0.2, -0.15) is 0 Å². The maximum absolute atomic E-state index is 2.55. The second-order valence-electron chi connectivity index (χ2n) is 17.0. The first-order chi connectivity index (χ1) is 26.2. The zero-order valence-electron chi connectivity index (χ0n) is 32.4. The smallest absolute Gasteiger partial charge is 0.0162 e. The van der Waals surface area contributed by atoms with E-state index in [0.29, 0.717) is 11.3 Å². The summed E-state index contributed by atoms with van der Waals surface area (Å²) in [4.78, 5) is 0. The average molecular weight is 737 g/mol. The molecule has 0 aromatic heterocycles. The Morgan fingerprint density at radius 3 is 1.37 bits per heavy atom. The highest BCUT2D eigenvalue weighted by molar-refractivity contribution is 7.59. The molecule has 4 atom stereocenters. The van der Waals surface area contributed by atoms with Gasteiger partial charge in [-0.05, 0) is 111 Å². The number of hydrogen-bond donors (Lipinski definition) is 0. The van der Waals surface area contributed by atoms with Crippen LogP contribution in [0.25, 0.3) is 65.3 Å². The predicted molar refractivity (Wildman–Crippen MR) is 242 cm³/mol. The summed E-state index contributed by atoms with van der Waals surface area (Å²) in [5.41, 5.74) is 12.9. The van der Waals surface area contributed by atoms with Crippen LogP contribution in [0.3, 0.4) is 0 Å². The zero-order valence-corrected chi connectivity index (χ0v) is 34.3. The lowest BCUT2D eigenvalue weighted by Gasteiger charge is -2.42. The third kappa shape index (κ3) is 6.08. The van der Waals surface area contributed by atoms with Crippen LogP contribution in [0.4, 0.5) is 0 Å². The first-order valence-electron chi connectivity index (χ1n) is 19.7. The Morgan fingerprint density at radius 1 is 0.481 bits per heavy atom. The fourth-order valence-electron chi connectivity index (χ4n) is 9.22. The van der Waals surface area contributed by atoms with Crippen molar-refractivity contribution in [2.24, 2.45) is 5.92 Å². The van der Waals surface area contributed by atoms with Gasteiger partial charge in [-0.25, -0.2) is 0 Å². The molecule has 0 bridgehead atoms. The summed E-state index contributed by atoms with van der Waals surface area (Å²) >= 11 is 0. The van der Waals surface area contributed by atoms with Crippen molar-refractivity contribution >= 4 is 59.6 Å². The second-order valence-corrected chi connectivity index (χ2v) is 21.5. The molecule has 0 amide bonds. The minimum Gasteiger partial charge on any atom is -0.109 e. The van der Waals surface area contributed by atoms with Crippen molar-refractivity contribution in [1.29, 1.82) is 0 Å². The lowest BCUT2D eigenvalue weighted by atomic mass is 9.83. The predicted octanol–water partition coefficient (Wildman–Crippen LogP) is 16.1. The Labute approximate surface area is 324 Å². The molecule has 8 aromatic rings. The molecule has 8 aromatic carbocycles. The lowest BCUT2D eigenvalue weighted by molar-refractivity contribution is 0.737. The van der Waals surface area contributed by atoms with Crippen molar-refractivity contribution in [2.45, 2.75) is 70.3 Å². The molecule has 0 aliphatic carbocycles. The highest BCUT2D eigenvalue weighted by Gasteiger charge is 2.43. The van der Waals surface area contributed by atoms with Crippen LogP contribution >= 0.6 is 16.5 Å². The molecule has 2 heterocycles. The highest BCUT2D eigenvalue weighted by Crippen LogP contribution is 2.73. The quantitative estimate of drug-likeness (QED) is 0.147. The summed E-state index contributed by atoms with van der Waals surface area (Å²) < 4.78 is 0. The van der Waals surface area contributed by atoms with Gasteiger partial charge in [0, 0.05) is 11.3 Å². The third-order valence-electron chi connectivity index (χ3n) is 11.5. The van der Waals surface area contributed by atoms with Crippen LogP contribution in [0, 0.1) is 5.92 Å². The van der Waals surface area contributed by atoms with Gasteiger partial charge in [-0.3, -0.25) is 0 Å². The van der Waals surface area contributed by atoms with Gasteiger partial charge in [0.15, 0.2) is 0 Å². The van der Waals surface area contributed by atoms with E-state index in [-0.39, 0.29) is 5.16 Å². The SMILES string of the molecule is CC(C)(C)P1Cc2ccc3ccccc3c2-c2c(ccc3ccccc23)C1C1PCc2ccc3ccccc3c2-c2c1ccc1ccccc21.CC(C)C. The van der Waals surface area contributed by atoms with Crippen molar-refractivity contribution in [3.05, 3.63) is 168 Å². The molecule has 0 nitrogen and oxygen atoms in total. The van der Waals surface area contributed by atoms with E-state index in [9.17, 15) is 0 Å². The van der Waals surface area contributed by atoms with E-state index >= 15 is 0 Å². The molecule has 0 N–H and O–H groups in total. The Hall–Kier alpha value is -4.34. The number of fused-ring (bicyclic) bond motifs is 14. The van der Waals surface area contributed by atoms with Gasteiger partial charge in [-0.15, -0.1) is 8.58 Å². The van der Waals surface area contributed by atoms with E-state index in [1.807, 2.05) is 0 Å². The summed E-state index contributed by atoms with van der Waals surface area (Å²) in [6.07, 6.45) is 2.24. The maximum Gasteiger partial charge on any atom is 0.0162 e. The normalized spacial score (nSPS) is 18.4. The Morgan fingerprint density at radius 2 is 0.870 bits per heavy atom. The minimum absolute atomic E-state index is 0.156. The van der Waals surface area contributed by atoms with Crippen LogP contribution in [0.2, 0.25) is 0 Å². The zero-order chi connectivity index (χ0) is 37.1. The fourth-order valence-corrected chi connectivity index (χ4v) is 14.9. The third-order valence-corrected chi connectivity index (χ3v) is 17.1. The van der Waals surface area contributed by atoms with Crippen molar-refractivity contribution < 1.29 is 0 Å². The van der Waals surface area contributed by atoms with Crippen LogP contribution in [0.15, 0.2) is 146 Å². The van der Waals surface area contributed by atoms with Gasteiger partial charge in [0.2, 0.25) is 0 Å². The van der Waals surface area contributed by atoms with Gasteiger partial charge in [0.05, 0.1) is 0 Å². The summed E-state index contributed by atoms with van der Waals surface area (Å²) in [6, 6.07) is 56.0. The Balaban J connectivity index is 0.000000918. The summed E-state index contributed by atoms with van der Waals surface area (Å²) in [6.45, 7) is 14.1. The van der Waals surface area contributed by atoms with E-state index in [1.165, 1.54) is 76.5 Å². The first kappa shape index (κ1) is 35.4. The topological polar surface area (TPSA) is 0 Å². The molecule has 0 saturated heterocycles. The molecule has 10 rings (SSSR count). The summed E-state index contributed by atoms with van der Waals surface area (Å²) in [5.74, 6) is 0.833. The van der Waals surface area contributed by atoms with E-state index in [4.69, 9.17) is 0 Å². The van der Waals surface area contributed by atoms with Crippen molar-refractivity contribution in [3.8, 4) is 22.3 Å². The molecule has 0 spiro atoms. The fraction of sp³-hybridized carbons (Fsp3) is 0.231. The molecule has 4 unspecified atom stereocenters. The number of rotatable bonds is 1. The molecule has 0 saturated carbocycles. The maximum atomic E-state index is 2.55. The molecule has 2 aliphatic heterocycles. The summed E-state index contributed by atoms with van der Waals surface area (Å²) in [7, 11) is 0.295. The Bertz CT molecular complexity index is 2690. The van der Waals surface area contributed by atoms with Crippen LogP contribution in [0.1, 0.15) is 75.1 Å². The van der Waals surface area contributed by atoms with Gasteiger partial charge in [0.1, 0.15) is 0 Å². The van der Waals surface area contributed by atoms with Crippen LogP contribution < -0.4 is 0 Å². The molecule has 0 fully saturated rings. The van der Waals surface area contributed by atoms with Crippen LogP contribution in [-0.4, -0.2) is 5.16 Å². The molecule has 268 valence electrons. The molecular weight excluding hydrogens is 687 g/mol. The molecule has 54 heavy (non-hydrogen) atoms. The van der Waals surface area contributed by atoms with E-state index in [2.05, 4.69) is 187 Å². The van der Waals surface area contributed by atoms with Gasteiger partial charge >= 0.3 is 0 Å². The Kier molecular flexibility index (Phi) is 9.21. The first-order valence-corrected chi connectivity index (χ1v) is 22.6. The van der Waals surface area contributed by atoms with Crippen LogP contribution in [-0.2, 0) is 12.3 Å². The van der Waals surface area contributed by atoms with Crippen molar-refractivity contribution in [1.82, 2.24) is 0 Å². The molecule has 2 heteroatoms. The monoisotopic (exact) mass is 736 g/mol. The van der Waals surface area contributed by atoms with Crippen molar-refractivity contribution in [2.75, 3.05) is 0 Å². The average Bonchev–Trinajstić information content (AvgIpc) is 3.44. The van der Waals surface area contributed by atoms with Crippen molar-refractivity contribution in [3.63, 3.8) is 0 Å². The molecular formula is C52H50P2. The number of benzene rings is 8. The lowest BCUT2D eigenvalue weighted by Crippen LogP contribution is -2.20. The second kappa shape index (κ2) is 14.1. The number of hydrogen-bond acceptors (Lipinski definition) is 0. The van der Waals surface area contributed by atoms with E-state index in [1.54, 1.807) is 11.1 Å². The van der Waals surface area contributed by atoms with Crippen LogP contribution in [0.5, 0.6) is 0 Å². The highest BCUT2D eigenvalue weighted by atomic mass is 31.1. The van der Waals surface area contributed by atoms with Gasteiger partial charge in [-0.1, -0.05) is 195 Å². The molecule has 0 radical (unpaired) electrons. The minimum atomic E-state index is -0.493. The van der Waals surface area contributed by atoms with E-state index < -0.39 is 7.92 Å². The standard InChI is InChI=1S/C48H40P2.C4H10/c1-48(2,3)50-29-35-23-21-31-13-5-9-17-37(31)43(35)45-39-19-11-7-15-33(39)25-27-41(45)47(50)46-40-26-24-32-14-6-10-18-38(32)44(40)42-34(28-49-46)22-20-30-12-4-8-16-36(30)42;1-4(2)3/h4-27,46-47,49H,28-29H2,1-3H3;4H,1-3H3. The van der Waals surface area contributed by atoms with Gasteiger partial charge < -0.3 is 0 Å². The van der Waals surface area contributed by atoms with Gasteiger partial charge in [0.25, 0.3) is 0 Å². The largest absolute Gasteiger partial charge is 0.109 e.